The molecular formula is C23H25ClN4O3. The van der Waals surface area contributed by atoms with E-state index in [4.69, 9.17) is 26.1 Å². The third-order valence-corrected chi connectivity index (χ3v) is 5.00. The highest BCUT2D eigenvalue weighted by Crippen LogP contribution is 2.38. The van der Waals surface area contributed by atoms with Crippen LogP contribution in [0.2, 0.25) is 5.02 Å². The Kier molecular flexibility index (Phi) is 7.41. The highest BCUT2D eigenvalue weighted by Gasteiger charge is 2.17. The van der Waals surface area contributed by atoms with Crippen LogP contribution >= 0.6 is 11.6 Å². The van der Waals surface area contributed by atoms with Crippen LogP contribution in [0, 0.1) is 0 Å². The number of pyridine rings is 1. The van der Waals surface area contributed by atoms with Crippen LogP contribution in [0.15, 0.2) is 36.8 Å². The predicted octanol–water partition coefficient (Wildman–Crippen LogP) is 4.78. The fraction of sp³-hybridized carbons (Fsp3) is 0.304. The van der Waals surface area contributed by atoms with Gasteiger partial charge in [-0.3, -0.25) is 4.98 Å². The summed E-state index contributed by atoms with van der Waals surface area (Å²) in [6.07, 6.45) is 8.13. The van der Waals surface area contributed by atoms with Gasteiger partial charge in [0, 0.05) is 54.3 Å². The molecule has 0 unspecified atom stereocenters. The first-order chi connectivity index (χ1) is 15.0. The van der Waals surface area contributed by atoms with Crippen LogP contribution in [0.25, 0.3) is 28.1 Å². The molecule has 0 aliphatic rings. The Hall–Kier alpha value is -3.19. The van der Waals surface area contributed by atoms with Crippen LogP contribution < -0.4 is 9.64 Å². The van der Waals surface area contributed by atoms with Gasteiger partial charge in [0.15, 0.2) is 5.75 Å². The van der Waals surface area contributed by atoms with Gasteiger partial charge >= 0.3 is 5.97 Å². The van der Waals surface area contributed by atoms with Gasteiger partial charge in [-0.15, -0.1) is 0 Å². The molecular weight excluding hydrogens is 416 g/mol. The van der Waals surface area contributed by atoms with Gasteiger partial charge in [0.25, 0.3) is 0 Å². The molecule has 0 amide bonds. The number of hydrogen-bond acceptors (Lipinski definition) is 7. The Balaban J connectivity index is 2.29. The van der Waals surface area contributed by atoms with Gasteiger partial charge in [-0.25, -0.2) is 14.8 Å². The Morgan fingerprint density at radius 2 is 1.94 bits per heavy atom. The van der Waals surface area contributed by atoms with E-state index in [1.54, 1.807) is 38.7 Å². The molecule has 0 N–H and O–H groups in total. The van der Waals surface area contributed by atoms with Crippen molar-refractivity contribution in [1.29, 1.82) is 0 Å². The molecule has 8 heteroatoms. The maximum absolute atomic E-state index is 11.9. The quantitative estimate of drug-likeness (QED) is 0.368. The lowest BCUT2D eigenvalue weighted by Gasteiger charge is -2.20. The van der Waals surface area contributed by atoms with E-state index >= 15 is 0 Å². The highest BCUT2D eigenvalue weighted by molar-refractivity contribution is 6.30. The number of halogens is 1. The maximum Gasteiger partial charge on any atom is 0.330 e. The zero-order valence-corrected chi connectivity index (χ0v) is 18.8. The maximum atomic E-state index is 11.9. The zero-order chi connectivity index (χ0) is 22.4. The second kappa shape index (κ2) is 10.2. The molecule has 0 bridgehead atoms. The van der Waals surface area contributed by atoms with E-state index in [0.717, 1.165) is 29.6 Å². The van der Waals surface area contributed by atoms with E-state index in [1.165, 1.54) is 6.08 Å². The van der Waals surface area contributed by atoms with Crippen molar-refractivity contribution in [2.45, 2.75) is 20.8 Å². The summed E-state index contributed by atoms with van der Waals surface area (Å²) >= 11 is 6.19. The first kappa shape index (κ1) is 22.5. The lowest BCUT2D eigenvalue weighted by Crippen LogP contribution is -2.24. The Morgan fingerprint density at radius 3 is 2.58 bits per heavy atom. The van der Waals surface area contributed by atoms with E-state index < -0.39 is 5.97 Å². The molecule has 31 heavy (non-hydrogen) atoms. The van der Waals surface area contributed by atoms with Crippen molar-refractivity contribution in [3.05, 3.63) is 47.4 Å². The van der Waals surface area contributed by atoms with E-state index in [-0.39, 0.29) is 0 Å². The van der Waals surface area contributed by atoms with Gasteiger partial charge in [0.1, 0.15) is 5.52 Å². The average molecular weight is 441 g/mol. The van der Waals surface area contributed by atoms with E-state index in [2.05, 4.69) is 28.7 Å². The minimum Gasteiger partial charge on any atom is -0.494 e. The molecule has 0 fully saturated rings. The first-order valence-corrected chi connectivity index (χ1v) is 10.5. The fourth-order valence-electron chi connectivity index (χ4n) is 3.32. The normalized spacial score (nSPS) is 11.1. The van der Waals surface area contributed by atoms with Crippen LogP contribution in [0.1, 0.15) is 26.3 Å². The van der Waals surface area contributed by atoms with Gasteiger partial charge in [-0.05, 0) is 44.5 Å². The number of rotatable bonds is 8. The summed E-state index contributed by atoms with van der Waals surface area (Å²) in [6, 6.07) is 3.73. The molecule has 0 saturated carbocycles. The van der Waals surface area contributed by atoms with Crippen molar-refractivity contribution < 1.29 is 14.3 Å². The third-order valence-electron chi connectivity index (χ3n) is 4.80. The fourth-order valence-corrected chi connectivity index (χ4v) is 3.50. The summed E-state index contributed by atoms with van der Waals surface area (Å²) in [5, 5.41) is 1.32. The minimum atomic E-state index is -0.429. The molecule has 3 aromatic rings. The Morgan fingerprint density at radius 1 is 1.16 bits per heavy atom. The molecule has 0 aliphatic carbocycles. The van der Waals surface area contributed by atoms with Gasteiger partial charge in [0.05, 0.1) is 18.7 Å². The molecule has 3 rings (SSSR count). The number of carbonyl (C=O) groups excluding carboxylic acids is 1. The van der Waals surface area contributed by atoms with Crippen LogP contribution in [-0.4, -0.2) is 47.7 Å². The highest BCUT2D eigenvalue weighted by atomic mass is 35.5. The molecule has 1 aromatic carbocycles. The number of methoxy groups -OCH3 is 1. The van der Waals surface area contributed by atoms with Crippen LogP contribution in [0.5, 0.6) is 5.75 Å². The summed E-state index contributed by atoms with van der Waals surface area (Å²) in [4.78, 5) is 27.5. The van der Waals surface area contributed by atoms with Crippen molar-refractivity contribution >= 4 is 40.5 Å². The summed E-state index contributed by atoms with van der Waals surface area (Å²) in [6.45, 7) is 7.72. The number of aromatic nitrogens is 3. The van der Waals surface area contributed by atoms with Crippen LogP contribution in [-0.2, 0) is 9.53 Å². The third kappa shape index (κ3) is 4.94. The number of fused-ring (bicyclic) bond motifs is 1. The Bertz CT molecular complexity index is 1110. The number of nitrogens with zero attached hydrogens (tertiary/aromatic N) is 4. The molecule has 0 spiro atoms. The number of carbonyl (C=O) groups is 1. The van der Waals surface area contributed by atoms with E-state index in [1.807, 2.05) is 12.1 Å². The van der Waals surface area contributed by atoms with Crippen molar-refractivity contribution in [2.24, 2.45) is 0 Å². The van der Waals surface area contributed by atoms with Gasteiger partial charge in [-0.2, -0.15) is 0 Å². The number of hydrogen-bond donors (Lipinski definition) is 0. The Labute approximate surface area is 186 Å². The molecule has 2 heterocycles. The number of esters is 1. The minimum absolute atomic E-state index is 0.303. The van der Waals surface area contributed by atoms with Crippen molar-refractivity contribution in [2.75, 3.05) is 31.7 Å². The topological polar surface area (TPSA) is 77.4 Å². The number of ether oxygens (including phenoxy) is 2. The second-order valence-electron chi connectivity index (χ2n) is 6.63. The average Bonchev–Trinajstić information content (AvgIpc) is 2.77. The lowest BCUT2D eigenvalue weighted by atomic mass is 9.98. The smallest absolute Gasteiger partial charge is 0.330 e. The molecule has 0 radical (unpaired) electrons. The summed E-state index contributed by atoms with van der Waals surface area (Å²) < 4.78 is 10.7. The molecule has 7 nitrogen and oxygen atoms in total. The van der Waals surface area contributed by atoms with Crippen LogP contribution in [0.4, 0.5) is 5.95 Å². The van der Waals surface area contributed by atoms with E-state index in [0.29, 0.717) is 34.4 Å². The molecule has 0 atom stereocenters. The molecule has 162 valence electrons. The van der Waals surface area contributed by atoms with Gasteiger partial charge in [0.2, 0.25) is 5.95 Å². The lowest BCUT2D eigenvalue weighted by molar-refractivity contribution is -0.137. The summed E-state index contributed by atoms with van der Waals surface area (Å²) in [5.74, 6) is 0.727. The van der Waals surface area contributed by atoms with Gasteiger partial charge < -0.3 is 14.4 Å². The largest absolute Gasteiger partial charge is 0.494 e. The van der Waals surface area contributed by atoms with Gasteiger partial charge in [-0.1, -0.05) is 11.6 Å². The summed E-state index contributed by atoms with van der Waals surface area (Å²) in [5.41, 5.74) is 2.97. The van der Waals surface area contributed by atoms with Crippen molar-refractivity contribution in [1.82, 2.24) is 15.0 Å². The standard InChI is InChI=1S/C23H25ClN4O3/c1-5-28(6-2)23-26-14-19-18(16-10-17(24)13-25-12-16)11-15(8-9-20(29)31-7-3)22(30-4)21(19)27-23/h8-14H,5-7H2,1-4H3. The van der Waals surface area contributed by atoms with Crippen molar-refractivity contribution in [3.63, 3.8) is 0 Å². The zero-order valence-electron chi connectivity index (χ0n) is 18.1. The SMILES string of the molecule is CCOC(=O)C=Cc1cc(-c2cncc(Cl)c2)c2cnc(N(CC)CC)nc2c1OC. The van der Waals surface area contributed by atoms with E-state index in [9.17, 15) is 4.79 Å². The monoisotopic (exact) mass is 440 g/mol. The first-order valence-electron chi connectivity index (χ1n) is 10.1. The molecule has 0 saturated heterocycles. The number of anilines is 1. The number of benzene rings is 1. The molecule has 0 aliphatic heterocycles. The van der Waals surface area contributed by atoms with Crippen LogP contribution in [0.3, 0.4) is 0 Å². The molecule has 2 aromatic heterocycles. The predicted molar refractivity (Wildman–Crippen MR) is 124 cm³/mol. The van der Waals surface area contributed by atoms with Crippen molar-refractivity contribution in [3.8, 4) is 16.9 Å². The second-order valence-corrected chi connectivity index (χ2v) is 7.06. The summed E-state index contributed by atoms with van der Waals surface area (Å²) in [7, 11) is 1.58.